The molecule has 1 heterocycles. The van der Waals surface area contributed by atoms with Gasteiger partial charge < -0.3 is 4.98 Å². The van der Waals surface area contributed by atoms with Crippen molar-refractivity contribution in [3.05, 3.63) is 64.2 Å². The molecule has 0 aliphatic carbocycles. The number of Topliss-reactive ketones (excluding diaryl/α,β-unsaturated/α-hetero) is 1. The van der Waals surface area contributed by atoms with Gasteiger partial charge >= 0.3 is 0 Å². The number of hydrogen-bond acceptors (Lipinski definition) is 5. The molecule has 3 rings (SSSR count). The van der Waals surface area contributed by atoms with Crippen LogP contribution in [0.15, 0.2) is 53.7 Å². The summed E-state index contributed by atoms with van der Waals surface area (Å²) < 4.78 is 0. The molecule has 0 atom stereocenters. The summed E-state index contributed by atoms with van der Waals surface area (Å²) >= 11 is 1.31. The molecule has 0 spiro atoms. The van der Waals surface area contributed by atoms with E-state index in [1.165, 1.54) is 36.0 Å². The Balaban J connectivity index is 1.67. The maximum Gasteiger partial charge on any atom is 0.269 e. The molecule has 0 bridgehead atoms. The Labute approximate surface area is 129 Å². The first kappa shape index (κ1) is 14.3. The van der Waals surface area contributed by atoms with Gasteiger partial charge in [0.2, 0.25) is 0 Å². The van der Waals surface area contributed by atoms with Crippen LogP contribution in [0.25, 0.3) is 11.0 Å². The number of nitrogens with zero attached hydrogens (tertiary/aromatic N) is 2. The van der Waals surface area contributed by atoms with E-state index >= 15 is 0 Å². The number of imidazole rings is 1. The van der Waals surface area contributed by atoms with E-state index in [1.807, 2.05) is 24.3 Å². The third-order valence-corrected chi connectivity index (χ3v) is 3.98. The summed E-state index contributed by atoms with van der Waals surface area (Å²) in [5.41, 5.74) is 2.20. The molecule has 3 aromatic rings. The highest BCUT2D eigenvalue weighted by Gasteiger charge is 2.11. The van der Waals surface area contributed by atoms with Crippen LogP contribution in [0.1, 0.15) is 10.4 Å². The number of thioether (sulfide) groups is 1. The van der Waals surface area contributed by atoms with E-state index in [-0.39, 0.29) is 17.2 Å². The topological polar surface area (TPSA) is 88.9 Å². The minimum Gasteiger partial charge on any atom is -0.333 e. The van der Waals surface area contributed by atoms with Crippen molar-refractivity contribution in [2.75, 3.05) is 5.75 Å². The molecule has 0 amide bonds. The van der Waals surface area contributed by atoms with Crippen molar-refractivity contribution in [3.63, 3.8) is 0 Å². The molecule has 0 radical (unpaired) electrons. The molecular formula is C15H11N3O3S. The summed E-state index contributed by atoms with van der Waals surface area (Å²) in [5.74, 6) is 0.123. The van der Waals surface area contributed by atoms with Gasteiger partial charge in [0.15, 0.2) is 10.9 Å². The third kappa shape index (κ3) is 2.99. The number of rotatable bonds is 5. The van der Waals surface area contributed by atoms with Gasteiger partial charge in [-0.05, 0) is 24.3 Å². The number of nitrogens with one attached hydrogen (secondary N) is 1. The average Bonchev–Trinajstić information content (AvgIpc) is 2.95. The van der Waals surface area contributed by atoms with Gasteiger partial charge in [-0.25, -0.2) is 4.98 Å². The Morgan fingerprint density at radius 2 is 1.91 bits per heavy atom. The van der Waals surface area contributed by atoms with Gasteiger partial charge in [-0.1, -0.05) is 23.9 Å². The monoisotopic (exact) mass is 313 g/mol. The Kier molecular flexibility index (Phi) is 3.88. The van der Waals surface area contributed by atoms with Crippen LogP contribution >= 0.6 is 11.8 Å². The third-order valence-electron chi connectivity index (χ3n) is 3.11. The van der Waals surface area contributed by atoms with Crippen LogP contribution in [0.3, 0.4) is 0 Å². The van der Waals surface area contributed by atoms with Crippen LogP contribution in [0, 0.1) is 10.1 Å². The normalized spacial score (nSPS) is 10.7. The van der Waals surface area contributed by atoms with Gasteiger partial charge in [0.1, 0.15) is 0 Å². The Morgan fingerprint density at radius 3 is 2.59 bits per heavy atom. The molecule has 2 aromatic carbocycles. The standard InChI is InChI=1S/C15H11N3O3S/c19-14(10-5-7-11(8-6-10)18(20)21)9-22-15-16-12-3-1-2-4-13(12)17-15/h1-8H,9H2,(H,16,17). The van der Waals surface area contributed by atoms with Gasteiger partial charge in [0, 0.05) is 17.7 Å². The second-order valence-electron chi connectivity index (χ2n) is 4.57. The summed E-state index contributed by atoms with van der Waals surface area (Å²) in [5, 5.41) is 11.3. The van der Waals surface area contributed by atoms with E-state index in [9.17, 15) is 14.9 Å². The van der Waals surface area contributed by atoms with Gasteiger partial charge in [-0.2, -0.15) is 0 Å². The maximum absolute atomic E-state index is 12.1. The number of aromatic amines is 1. The van der Waals surface area contributed by atoms with E-state index in [2.05, 4.69) is 9.97 Å². The number of non-ortho nitro benzene ring substituents is 1. The van der Waals surface area contributed by atoms with Crippen molar-refractivity contribution in [3.8, 4) is 0 Å². The largest absolute Gasteiger partial charge is 0.333 e. The lowest BCUT2D eigenvalue weighted by atomic mass is 10.1. The van der Waals surface area contributed by atoms with Crippen LogP contribution in [-0.4, -0.2) is 26.4 Å². The van der Waals surface area contributed by atoms with Gasteiger partial charge in [-0.15, -0.1) is 0 Å². The van der Waals surface area contributed by atoms with Crippen molar-refractivity contribution in [1.82, 2.24) is 9.97 Å². The molecule has 0 aliphatic heterocycles. The highest BCUT2D eigenvalue weighted by Crippen LogP contribution is 2.21. The van der Waals surface area contributed by atoms with E-state index in [4.69, 9.17) is 0 Å². The summed E-state index contributed by atoms with van der Waals surface area (Å²) in [7, 11) is 0. The Morgan fingerprint density at radius 1 is 1.18 bits per heavy atom. The maximum atomic E-state index is 12.1. The summed E-state index contributed by atoms with van der Waals surface area (Å²) in [6, 6.07) is 13.2. The number of nitro benzene ring substituents is 1. The summed E-state index contributed by atoms with van der Waals surface area (Å²) in [6.07, 6.45) is 0. The molecule has 6 nitrogen and oxygen atoms in total. The smallest absolute Gasteiger partial charge is 0.269 e. The fourth-order valence-electron chi connectivity index (χ4n) is 1.98. The van der Waals surface area contributed by atoms with Crippen LogP contribution in [0.4, 0.5) is 5.69 Å². The minimum atomic E-state index is -0.489. The molecule has 110 valence electrons. The van der Waals surface area contributed by atoms with Crippen LogP contribution < -0.4 is 0 Å². The first-order chi connectivity index (χ1) is 10.6. The fraction of sp³-hybridized carbons (Fsp3) is 0.0667. The average molecular weight is 313 g/mol. The zero-order valence-corrected chi connectivity index (χ0v) is 12.2. The minimum absolute atomic E-state index is 0.0264. The lowest BCUT2D eigenvalue weighted by Crippen LogP contribution is -2.02. The number of fused-ring (bicyclic) bond motifs is 1. The van der Waals surface area contributed by atoms with Crippen LogP contribution in [0.2, 0.25) is 0 Å². The predicted molar refractivity (Wildman–Crippen MR) is 84.2 cm³/mol. The molecular weight excluding hydrogens is 302 g/mol. The Hall–Kier alpha value is -2.67. The number of carbonyl (C=O) groups excluding carboxylic acids is 1. The molecule has 0 saturated carbocycles. The SMILES string of the molecule is O=C(CSc1nc2ccccc2[nH]1)c1ccc([N+](=O)[O-])cc1. The van der Waals surface area contributed by atoms with Gasteiger partial charge in [0.05, 0.1) is 21.7 Å². The van der Waals surface area contributed by atoms with E-state index in [1.54, 1.807) is 0 Å². The molecule has 0 fully saturated rings. The molecule has 0 aliphatic rings. The number of carbonyl (C=O) groups is 1. The summed E-state index contributed by atoms with van der Waals surface area (Å²) in [4.78, 5) is 29.7. The number of H-pyrrole nitrogens is 1. The molecule has 22 heavy (non-hydrogen) atoms. The number of hydrogen-bond donors (Lipinski definition) is 1. The predicted octanol–water partition coefficient (Wildman–Crippen LogP) is 3.45. The molecule has 0 unspecified atom stereocenters. The van der Waals surface area contributed by atoms with Crippen molar-refractivity contribution >= 4 is 34.3 Å². The lowest BCUT2D eigenvalue weighted by molar-refractivity contribution is -0.384. The summed E-state index contributed by atoms with van der Waals surface area (Å²) in [6.45, 7) is 0. The van der Waals surface area contributed by atoms with Crippen LogP contribution in [0.5, 0.6) is 0 Å². The quantitative estimate of drug-likeness (QED) is 0.337. The van der Waals surface area contributed by atoms with Gasteiger partial charge in [0.25, 0.3) is 5.69 Å². The number of para-hydroxylation sites is 2. The molecule has 1 aromatic heterocycles. The van der Waals surface area contributed by atoms with E-state index < -0.39 is 4.92 Å². The van der Waals surface area contributed by atoms with Gasteiger partial charge in [-0.3, -0.25) is 14.9 Å². The molecule has 1 N–H and O–H groups in total. The van der Waals surface area contributed by atoms with Crippen molar-refractivity contribution in [2.24, 2.45) is 0 Å². The highest BCUT2D eigenvalue weighted by atomic mass is 32.2. The zero-order chi connectivity index (χ0) is 15.5. The number of nitro groups is 1. The number of benzene rings is 2. The van der Waals surface area contributed by atoms with Crippen molar-refractivity contribution in [1.29, 1.82) is 0 Å². The first-order valence-electron chi connectivity index (χ1n) is 6.49. The van der Waals surface area contributed by atoms with Crippen LogP contribution in [-0.2, 0) is 0 Å². The first-order valence-corrected chi connectivity index (χ1v) is 7.47. The number of ketones is 1. The highest BCUT2D eigenvalue weighted by molar-refractivity contribution is 7.99. The second kappa shape index (κ2) is 5.98. The van der Waals surface area contributed by atoms with E-state index in [0.29, 0.717) is 10.7 Å². The van der Waals surface area contributed by atoms with Crippen molar-refractivity contribution in [2.45, 2.75) is 5.16 Å². The van der Waals surface area contributed by atoms with E-state index in [0.717, 1.165) is 11.0 Å². The lowest BCUT2D eigenvalue weighted by Gasteiger charge is -1.99. The number of aromatic nitrogens is 2. The molecule has 0 saturated heterocycles. The fourth-order valence-corrected chi connectivity index (χ4v) is 2.76. The zero-order valence-electron chi connectivity index (χ0n) is 11.4. The molecule has 7 heteroatoms. The second-order valence-corrected chi connectivity index (χ2v) is 5.54. The Bertz CT molecular complexity index is 810. The van der Waals surface area contributed by atoms with Crippen molar-refractivity contribution < 1.29 is 9.72 Å².